The molecular weight excluding hydrogens is 630 g/mol. The van der Waals surface area contributed by atoms with Crippen LogP contribution in [-0.2, 0) is 0 Å². The first-order valence-corrected chi connectivity index (χ1v) is 15.4. The van der Waals surface area contributed by atoms with Crippen molar-refractivity contribution in [2.75, 3.05) is 4.90 Å². The number of alkyl halides is 2. The number of allylic oxidation sites excluding steroid dienone is 4. The Bertz CT molecular complexity index is 1510. The molecule has 0 aliphatic heterocycles. The molecule has 0 unspecified atom stereocenters. The average Bonchev–Trinajstić information content (AvgIpc) is 3.03. The van der Waals surface area contributed by atoms with Crippen LogP contribution in [0.4, 0.5) is 5.69 Å². The number of benzene rings is 4. The highest BCUT2D eigenvalue weighted by molar-refractivity contribution is 9.10. The molecular formula is C38H31Br2N. The van der Waals surface area contributed by atoms with Gasteiger partial charge in [0.25, 0.3) is 0 Å². The highest BCUT2D eigenvalue weighted by Crippen LogP contribution is 2.47. The fourth-order valence-electron chi connectivity index (χ4n) is 5.56. The summed E-state index contributed by atoms with van der Waals surface area (Å²) in [6.07, 6.45) is 20.1. The van der Waals surface area contributed by atoms with Gasteiger partial charge in [0.15, 0.2) is 0 Å². The van der Waals surface area contributed by atoms with Gasteiger partial charge in [-0.25, -0.2) is 0 Å². The van der Waals surface area contributed by atoms with Crippen molar-refractivity contribution in [2.45, 2.75) is 20.7 Å². The lowest BCUT2D eigenvalue weighted by atomic mass is 9.90. The van der Waals surface area contributed by atoms with E-state index >= 15 is 0 Å². The summed E-state index contributed by atoms with van der Waals surface area (Å²) in [6, 6.07) is 38.5. The number of halogens is 2. The van der Waals surface area contributed by atoms with Crippen molar-refractivity contribution >= 4 is 43.6 Å². The second-order valence-corrected chi connectivity index (χ2v) is 13.0. The zero-order valence-electron chi connectivity index (χ0n) is 22.7. The Morgan fingerprint density at radius 2 is 0.927 bits per heavy atom. The zero-order chi connectivity index (χ0) is 28.3. The van der Waals surface area contributed by atoms with E-state index in [-0.39, 0.29) is 11.8 Å². The molecule has 0 fully saturated rings. The van der Waals surface area contributed by atoms with Crippen LogP contribution in [0.5, 0.6) is 0 Å². The topological polar surface area (TPSA) is 3.24 Å². The van der Waals surface area contributed by atoms with Crippen molar-refractivity contribution in [2.24, 2.45) is 0 Å². The van der Waals surface area contributed by atoms with Crippen LogP contribution in [0.1, 0.15) is 28.5 Å². The number of rotatable bonds is 7. The summed E-state index contributed by atoms with van der Waals surface area (Å²) in [5.41, 5.74) is 7.13. The van der Waals surface area contributed by atoms with Crippen LogP contribution in [0.2, 0.25) is 0 Å². The molecule has 3 heteroatoms. The molecule has 0 saturated carbocycles. The van der Waals surface area contributed by atoms with Gasteiger partial charge in [0.05, 0.1) is 0 Å². The summed E-state index contributed by atoms with van der Waals surface area (Å²) in [4.78, 5) is 2.38. The Balaban J connectivity index is 1.36. The minimum absolute atomic E-state index is 0.232. The predicted octanol–water partition coefficient (Wildman–Crippen LogP) is 10.8. The van der Waals surface area contributed by atoms with E-state index in [2.05, 4.69) is 201 Å². The van der Waals surface area contributed by atoms with E-state index in [0.29, 0.717) is 0 Å². The number of hydrogen-bond donors (Lipinski definition) is 0. The fraction of sp³-hybridized carbons (Fsp3) is 0.105. The van der Waals surface area contributed by atoms with Crippen LogP contribution in [-0.4, -0.2) is 8.90 Å². The van der Waals surface area contributed by atoms with Gasteiger partial charge < -0.3 is 4.90 Å². The lowest BCUT2D eigenvalue weighted by molar-refractivity contribution is 0.684. The summed E-state index contributed by atoms with van der Waals surface area (Å²) < 4.78 is -1.10. The van der Waals surface area contributed by atoms with E-state index < -0.39 is 8.90 Å². The Labute approximate surface area is 260 Å². The van der Waals surface area contributed by atoms with Crippen LogP contribution in [0.25, 0.3) is 17.2 Å². The van der Waals surface area contributed by atoms with Crippen molar-refractivity contribution in [3.8, 4) is 11.1 Å². The molecule has 0 heterocycles. The van der Waals surface area contributed by atoms with Gasteiger partial charge in [-0.15, -0.1) is 0 Å². The summed E-state index contributed by atoms with van der Waals surface area (Å²) in [6.45, 7) is 3.87. The normalized spacial score (nSPS) is 24.7. The van der Waals surface area contributed by atoms with E-state index in [1.807, 2.05) is 6.08 Å². The summed E-state index contributed by atoms with van der Waals surface area (Å²) >= 11 is 8.31. The maximum Gasteiger partial charge on any atom is 0.134 e. The molecule has 6 rings (SSSR count). The van der Waals surface area contributed by atoms with E-state index in [4.69, 9.17) is 0 Å². The maximum absolute atomic E-state index is 4.15. The largest absolute Gasteiger partial charge is 0.327 e. The van der Waals surface area contributed by atoms with E-state index in [1.54, 1.807) is 0 Å². The van der Waals surface area contributed by atoms with Crippen molar-refractivity contribution in [1.29, 1.82) is 0 Å². The molecule has 0 radical (unpaired) electrons. The van der Waals surface area contributed by atoms with E-state index in [0.717, 1.165) is 11.3 Å². The van der Waals surface area contributed by atoms with Crippen molar-refractivity contribution < 1.29 is 0 Å². The SMILES string of the molecule is C=Cc1ccc(-c2ccc(N(C3(Br)C=CC(c4ccccc4)C=C3)C3(Br)C=CC(c4ccccc4)C=C3)cc2)cc1. The summed E-state index contributed by atoms with van der Waals surface area (Å²) in [7, 11) is 0. The second kappa shape index (κ2) is 11.7. The van der Waals surface area contributed by atoms with Gasteiger partial charge in [0.2, 0.25) is 0 Å². The highest BCUT2D eigenvalue weighted by Gasteiger charge is 2.43. The standard InChI is InChI=1S/C38H31Br2N/c1-2-29-13-15-32(16-14-29)33-17-19-36(20-18-33)41(37(39)25-21-34(22-26-37)30-9-5-3-6-10-30)38(40)27-23-35(24-28-38)31-11-7-4-8-12-31/h2-28,34-35H,1H2. The van der Waals surface area contributed by atoms with Crippen molar-refractivity contribution in [1.82, 2.24) is 0 Å². The molecule has 41 heavy (non-hydrogen) atoms. The summed E-state index contributed by atoms with van der Waals surface area (Å²) in [5.74, 6) is 0.464. The molecule has 1 nitrogen and oxygen atoms in total. The average molecular weight is 661 g/mol. The molecule has 202 valence electrons. The highest BCUT2D eigenvalue weighted by atomic mass is 79.9. The second-order valence-electron chi connectivity index (χ2n) is 10.5. The predicted molar refractivity (Wildman–Crippen MR) is 183 cm³/mol. The first kappa shape index (κ1) is 27.5. The third-order valence-electron chi connectivity index (χ3n) is 7.81. The first-order chi connectivity index (χ1) is 20.0. The Morgan fingerprint density at radius 1 is 0.537 bits per heavy atom. The minimum Gasteiger partial charge on any atom is -0.327 e. The van der Waals surface area contributed by atoms with Gasteiger partial charge in [-0.05, 0) is 64.3 Å². The number of anilines is 1. The molecule has 0 amide bonds. The lowest BCUT2D eigenvalue weighted by Gasteiger charge is -2.48. The van der Waals surface area contributed by atoms with Gasteiger partial charge in [-0.1, -0.05) is 166 Å². The van der Waals surface area contributed by atoms with Crippen LogP contribution >= 0.6 is 31.9 Å². The third-order valence-corrected chi connectivity index (χ3v) is 9.58. The van der Waals surface area contributed by atoms with Gasteiger partial charge in [-0.3, -0.25) is 0 Å². The molecule has 0 aromatic heterocycles. The quantitative estimate of drug-likeness (QED) is 0.108. The fourth-order valence-corrected chi connectivity index (χ4v) is 7.40. The molecule has 4 aromatic rings. The zero-order valence-corrected chi connectivity index (χ0v) is 25.8. The molecule has 0 saturated heterocycles. The van der Waals surface area contributed by atoms with Crippen LogP contribution in [0.15, 0.2) is 164 Å². The summed E-state index contributed by atoms with van der Waals surface area (Å²) in [5, 5.41) is 0. The molecule has 0 atom stereocenters. The Hall–Kier alpha value is -3.66. The smallest absolute Gasteiger partial charge is 0.134 e. The van der Waals surface area contributed by atoms with Gasteiger partial charge in [0, 0.05) is 17.5 Å². The van der Waals surface area contributed by atoms with Crippen molar-refractivity contribution in [3.05, 3.63) is 181 Å². The molecule has 2 aliphatic carbocycles. The van der Waals surface area contributed by atoms with E-state index in [9.17, 15) is 0 Å². The maximum atomic E-state index is 4.15. The monoisotopic (exact) mass is 659 g/mol. The van der Waals surface area contributed by atoms with Gasteiger partial charge >= 0.3 is 0 Å². The lowest BCUT2D eigenvalue weighted by Crippen LogP contribution is -2.53. The molecule has 0 bridgehead atoms. The van der Waals surface area contributed by atoms with E-state index in [1.165, 1.54) is 22.3 Å². The Kier molecular flexibility index (Phi) is 7.84. The number of hydrogen-bond acceptors (Lipinski definition) is 1. The first-order valence-electron chi connectivity index (χ1n) is 13.9. The molecule has 4 aromatic carbocycles. The third kappa shape index (κ3) is 5.75. The molecule has 0 spiro atoms. The van der Waals surface area contributed by atoms with Crippen molar-refractivity contribution in [3.63, 3.8) is 0 Å². The molecule has 2 aliphatic rings. The van der Waals surface area contributed by atoms with Crippen LogP contribution in [0.3, 0.4) is 0 Å². The molecule has 0 N–H and O–H groups in total. The van der Waals surface area contributed by atoms with Crippen LogP contribution in [0, 0.1) is 0 Å². The van der Waals surface area contributed by atoms with Gasteiger partial charge in [0.1, 0.15) is 8.90 Å². The van der Waals surface area contributed by atoms with Gasteiger partial charge in [-0.2, -0.15) is 0 Å². The minimum atomic E-state index is -0.552. The van der Waals surface area contributed by atoms with Crippen LogP contribution < -0.4 is 4.90 Å². The number of nitrogens with zero attached hydrogens (tertiary/aromatic N) is 1. The Morgan fingerprint density at radius 3 is 1.32 bits per heavy atom.